The van der Waals surface area contributed by atoms with Crippen LogP contribution in [0.1, 0.15) is 28.3 Å². The molecular weight excluding hydrogens is 552 g/mol. The molecule has 2 saturated heterocycles. The highest BCUT2D eigenvalue weighted by Gasteiger charge is 2.65. The number of hydrogen-bond donors (Lipinski definition) is 1. The number of fused-ring (bicyclic) bond motifs is 5. The molecule has 3 heterocycles. The van der Waals surface area contributed by atoms with E-state index in [9.17, 15) is 40.7 Å². The summed E-state index contributed by atoms with van der Waals surface area (Å²) in [4.78, 5) is 43.4. The third-order valence-electron chi connectivity index (χ3n) is 7.64. The van der Waals surface area contributed by atoms with Gasteiger partial charge in [-0.3, -0.25) is 14.4 Å². The number of anilines is 2. The molecule has 12 heteroatoms. The predicted molar refractivity (Wildman–Crippen MR) is 135 cm³/mol. The van der Waals surface area contributed by atoms with Crippen LogP contribution in [0.3, 0.4) is 0 Å². The zero-order valence-corrected chi connectivity index (χ0v) is 20.8. The van der Waals surface area contributed by atoms with Crippen LogP contribution >= 0.6 is 0 Å². The van der Waals surface area contributed by atoms with Crippen LogP contribution in [-0.4, -0.2) is 28.7 Å². The predicted octanol–water partition coefficient (Wildman–Crippen LogP) is 5.88. The maximum absolute atomic E-state index is 13.9. The molecule has 4 atom stereocenters. The molecule has 210 valence electrons. The number of carbonyl (C=O) groups is 3. The summed E-state index contributed by atoms with van der Waals surface area (Å²) in [5.41, 5.74) is -1.75. The summed E-state index contributed by atoms with van der Waals surface area (Å²) in [6.45, 7) is 0. The lowest BCUT2D eigenvalue weighted by Gasteiger charge is -2.35. The second kappa shape index (κ2) is 9.22. The van der Waals surface area contributed by atoms with Gasteiger partial charge in [0, 0.05) is 11.9 Å². The van der Waals surface area contributed by atoms with E-state index >= 15 is 0 Å². The van der Waals surface area contributed by atoms with Gasteiger partial charge >= 0.3 is 12.4 Å². The van der Waals surface area contributed by atoms with Gasteiger partial charge in [-0.1, -0.05) is 42.5 Å². The van der Waals surface area contributed by atoms with E-state index in [2.05, 4.69) is 5.32 Å². The van der Waals surface area contributed by atoms with Crippen molar-refractivity contribution in [3.63, 3.8) is 0 Å². The van der Waals surface area contributed by atoms with E-state index in [0.29, 0.717) is 16.0 Å². The van der Waals surface area contributed by atoms with Crippen LogP contribution in [0.5, 0.6) is 0 Å². The van der Waals surface area contributed by atoms with Crippen molar-refractivity contribution in [2.45, 2.75) is 24.4 Å². The van der Waals surface area contributed by atoms with Gasteiger partial charge in [0.05, 0.1) is 34.7 Å². The molecule has 0 spiro atoms. The van der Waals surface area contributed by atoms with Crippen molar-refractivity contribution in [1.82, 2.24) is 4.90 Å². The highest BCUT2D eigenvalue weighted by atomic mass is 19.4. The smallest absolute Gasteiger partial charge is 0.357 e. The molecule has 41 heavy (non-hydrogen) atoms. The van der Waals surface area contributed by atoms with E-state index in [1.54, 1.807) is 30.3 Å². The monoisotopic (exact) mass is 571 g/mol. The summed E-state index contributed by atoms with van der Waals surface area (Å²) in [6.07, 6.45) is -6.36. The van der Waals surface area contributed by atoms with Crippen molar-refractivity contribution in [2.24, 2.45) is 11.8 Å². The molecule has 2 fully saturated rings. The van der Waals surface area contributed by atoms with E-state index in [4.69, 9.17) is 0 Å². The van der Waals surface area contributed by atoms with Gasteiger partial charge in [-0.2, -0.15) is 26.3 Å². The summed E-state index contributed by atoms with van der Waals surface area (Å²) >= 11 is 0. The number of nitrogens with one attached hydrogen (secondary N) is 1. The minimum atomic E-state index is -4.87. The lowest BCUT2D eigenvalue weighted by molar-refractivity contribution is -0.138. The quantitative estimate of drug-likeness (QED) is 0.315. The Bertz CT molecular complexity index is 1620. The second-order valence-electron chi connectivity index (χ2n) is 9.93. The first-order chi connectivity index (χ1) is 19.4. The van der Waals surface area contributed by atoms with Crippen LogP contribution in [0, 0.1) is 11.8 Å². The topological polar surface area (TPSA) is 69.7 Å². The number of rotatable bonds is 3. The molecule has 6 nitrogen and oxygen atoms in total. The van der Waals surface area contributed by atoms with Crippen LogP contribution in [0.2, 0.25) is 0 Å². The lowest BCUT2D eigenvalue weighted by atomic mass is 9.84. The van der Waals surface area contributed by atoms with Gasteiger partial charge < -0.3 is 10.2 Å². The Morgan fingerprint density at radius 2 is 1.46 bits per heavy atom. The van der Waals surface area contributed by atoms with Crippen molar-refractivity contribution in [1.29, 1.82) is 0 Å². The summed E-state index contributed by atoms with van der Waals surface area (Å²) in [6, 6.07) is 12.7. The fourth-order valence-corrected chi connectivity index (χ4v) is 5.99. The lowest BCUT2D eigenvalue weighted by Crippen LogP contribution is -2.46. The number of para-hydroxylation sites is 1. The van der Waals surface area contributed by atoms with E-state index in [-0.39, 0.29) is 5.69 Å². The normalized spacial score (nSPS) is 23.4. The third kappa shape index (κ3) is 4.25. The molecule has 3 aromatic rings. The van der Waals surface area contributed by atoms with Crippen LogP contribution < -0.4 is 10.2 Å². The Morgan fingerprint density at radius 1 is 0.780 bits per heavy atom. The minimum absolute atomic E-state index is 0.192. The molecule has 0 aliphatic carbocycles. The number of halogens is 6. The highest BCUT2D eigenvalue weighted by molar-refractivity contribution is 6.24. The van der Waals surface area contributed by atoms with Gasteiger partial charge in [-0.15, -0.1) is 0 Å². The Balaban J connectivity index is 1.44. The number of benzene rings is 3. The molecular formula is C29H19F6N3O3. The van der Waals surface area contributed by atoms with E-state index < -0.39 is 70.8 Å². The third-order valence-corrected chi connectivity index (χ3v) is 7.64. The van der Waals surface area contributed by atoms with Gasteiger partial charge in [0.25, 0.3) is 0 Å². The van der Waals surface area contributed by atoms with E-state index in [1.807, 2.05) is 0 Å². The van der Waals surface area contributed by atoms with Crippen LogP contribution in [0.25, 0.3) is 6.08 Å². The van der Waals surface area contributed by atoms with Gasteiger partial charge in [-0.05, 0) is 47.5 Å². The number of nitrogens with zero attached hydrogens (tertiary/aromatic N) is 2. The largest absolute Gasteiger partial charge is 0.418 e. The fraction of sp³-hybridized carbons (Fsp3) is 0.207. The number of imide groups is 1. The summed E-state index contributed by atoms with van der Waals surface area (Å²) < 4.78 is 81.4. The molecule has 3 aliphatic rings. The maximum atomic E-state index is 13.9. The molecule has 0 bridgehead atoms. The Kier molecular flexibility index (Phi) is 5.98. The second-order valence-corrected chi connectivity index (χ2v) is 9.93. The molecule has 1 N–H and O–H groups in total. The van der Waals surface area contributed by atoms with Crippen LogP contribution in [-0.2, 0) is 26.7 Å². The molecule has 1 unspecified atom stereocenters. The molecule has 6 rings (SSSR count). The molecule has 0 radical (unpaired) electrons. The van der Waals surface area contributed by atoms with Crippen molar-refractivity contribution < 1.29 is 40.7 Å². The maximum Gasteiger partial charge on any atom is 0.418 e. The number of amides is 3. The average molecular weight is 571 g/mol. The van der Waals surface area contributed by atoms with Crippen molar-refractivity contribution >= 4 is 35.2 Å². The van der Waals surface area contributed by atoms with Gasteiger partial charge in [0.1, 0.15) is 6.04 Å². The fourth-order valence-electron chi connectivity index (χ4n) is 5.99. The van der Waals surface area contributed by atoms with Gasteiger partial charge in [0.15, 0.2) is 0 Å². The average Bonchev–Trinajstić information content (AvgIpc) is 3.40. The first-order valence-electron chi connectivity index (χ1n) is 12.4. The summed E-state index contributed by atoms with van der Waals surface area (Å²) in [5.74, 6) is -5.41. The van der Waals surface area contributed by atoms with Crippen molar-refractivity contribution in [2.75, 3.05) is 10.2 Å². The number of carbonyl (C=O) groups excluding carboxylic acids is 3. The molecule has 3 aliphatic heterocycles. The highest BCUT2D eigenvalue weighted by Crippen LogP contribution is 2.54. The van der Waals surface area contributed by atoms with Crippen molar-refractivity contribution in [3.8, 4) is 0 Å². The van der Waals surface area contributed by atoms with Crippen LogP contribution in [0.15, 0.2) is 79.0 Å². The summed E-state index contributed by atoms with van der Waals surface area (Å²) in [5, 5.41) is 2.42. The first kappa shape index (κ1) is 26.6. The van der Waals surface area contributed by atoms with E-state index in [1.165, 1.54) is 23.2 Å². The summed E-state index contributed by atoms with van der Waals surface area (Å²) in [7, 11) is 0. The molecule has 3 amide bonds. The Labute approximate surface area is 228 Å². The SMILES string of the molecule is O=C(Nc1cccc(C(F)(F)F)c1)[C@@H]1[C@@H]2C(=O)N(c3ccccc3C(F)(F)F)C(=O)[C@@H]2C2c3ccccc3C=CN21. The van der Waals surface area contributed by atoms with E-state index in [0.717, 1.165) is 36.4 Å². The molecule has 0 saturated carbocycles. The standard InChI is InChI=1S/C29H19F6N3O3/c30-28(31,32)16-7-5-8-17(14-16)36-25(39)24-22-21(23-18-9-2-1-6-15(18)12-13-37(23)24)26(40)38(27(22)41)20-11-4-3-10-19(20)29(33,34)35/h1-14,21-24H,(H,36,39)/t21-,22+,23?,24-/m0/s1. The Hall–Kier alpha value is -4.61. The minimum Gasteiger partial charge on any atom is -0.357 e. The van der Waals surface area contributed by atoms with Gasteiger partial charge in [0.2, 0.25) is 17.7 Å². The van der Waals surface area contributed by atoms with Gasteiger partial charge in [-0.25, -0.2) is 4.90 Å². The zero-order chi connectivity index (χ0) is 29.3. The molecule has 3 aromatic carbocycles. The first-order valence-corrected chi connectivity index (χ1v) is 12.4. The molecule has 0 aromatic heterocycles. The Morgan fingerprint density at radius 3 is 2.20 bits per heavy atom. The zero-order valence-electron chi connectivity index (χ0n) is 20.8. The van der Waals surface area contributed by atoms with Crippen molar-refractivity contribution in [3.05, 3.63) is 101 Å². The number of hydrogen-bond acceptors (Lipinski definition) is 4. The number of alkyl halides is 6. The van der Waals surface area contributed by atoms with Crippen LogP contribution in [0.4, 0.5) is 37.7 Å².